The summed E-state index contributed by atoms with van der Waals surface area (Å²) in [4.78, 5) is 13.1. The smallest absolute Gasteiger partial charge is 0.416 e. The first-order chi connectivity index (χ1) is 14.4. The number of halogens is 3. The number of rotatable bonds is 6. The van der Waals surface area contributed by atoms with E-state index in [1.54, 1.807) is 42.9 Å². The van der Waals surface area contributed by atoms with Gasteiger partial charge < -0.3 is 9.73 Å². The van der Waals surface area contributed by atoms with Gasteiger partial charge in [0.25, 0.3) is 0 Å². The maximum absolute atomic E-state index is 13.1. The van der Waals surface area contributed by atoms with Crippen molar-refractivity contribution in [1.82, 2.24) is 19.5 Å². The zero-order chi connectivity index (χ0) is 21.1. The summed E-state index contributed by atoms with van der Waals surface area (Å²) in [5, 5.41) is 10.9. The van der Waals surface area contributed by atoms with Crippen LogP contribution in [-0.4, -0.2) is 19.5 Å². The van der Waals surface area contributed by atoms with Crippen molar-refractivity contribution in [3.05, 3.63) is 88.9 Å². The summed E-state index contributed by atoms with van der Waals surface area (Å²) in [6.07, 6.45) is 0.339. The molecule has 0 saturated carbocycles. The molecule has 3 heterocycles. The maximum atomic E-state index is 13.1. The normalized spacial score (nSPS) is 11.6. The molecule has 1 aromatic carbocycles. The van der Waals surface area contributed by atoms with Crippen molar-refractivity contribution in [1.29, 1.82) is 0 Å². The number of nitrogens with one attached hydrogen (secondary N) is 1. The van der Waals surface area contributed by atoms with E-state index in [2.05, 4.69) is 15.5 Å². The Balaban J connectivity index is 1.68. The molecule has 154 valence electrons. The summed E-state index contributed by atoms with van der Waals surface area (Å²) in [5.41, 5.74) is -1.33. The number of aromatic nitrogens is 4. The number of benzene rings is 1. The van der Waals surface area contributed by atoms with Crippen LogP contribution < -0.4 is 10.9 Å². The average molecular weight is 433 g/mol. The lowest BCUT2D eigenvalue weighted by Gasteiger charge is -2.14. The molecule has 0 saturated heterocycles. The summed E-state index contributed by atoms with van der Waals surface area (Å²) < 4.78 is 46.9. The van der Waals surface area contributed by atoms with Gasteiger partial charge in [-0.25, -0.2) is 0 Å². The molecule has 0 aliphatic carbocycles. The van der Waals surface area contributed by atoms with E-state index in [1.807, 2.05) is 0 Å². The molecule has 30 heavy (non-hydrogen) atoms. The Hall–Kier alpha value is -3.47. The van der Waals surface area contributed by atoms with Crippen molar-refractivity contribution in [2.45, 2.75) is 17.1 Å². The van der Waals surface area contributed by atoms with E-state index in [-0.39, 0.29) is 11.5 Å². The number of hydrogen-bond donors (Lipinski definition) is 1. The molecule has 0 atom stereocenters. The zero-order valence-corrected chi connectivity index (χ0v) is 16.0. The highest BCUT2D eigenvalue weighted by Crippen LogP contribution is 2.31. The van der Waals surface area contributed by atoms with Crippen LogP contribution in [0.15, 0.2) is 81.6 Å². The zero-order valence-electron chi connectivity index (χ0n) is 15.2. The van der Waals surface area contributed by atoms with Crippen LogP contribution in [-0.2, 0) is 11.9 Å². The summed E-state index contributed by atoms with van der Waals surface area (Å²) in [6.45, 7) is 0. The molecular weight excluding hydrogens is 419 g/mol. The van der Waals surface area contributed by atoms with Crippen molar-refractivity contribution in [2.75, 3.05) is 5.32 Å². The van der Waals surface area contributed by atoms with Crippen LogP contribution >= 0.6 is 11.8 Å². The van der Waals surface area contributed by atoms with E-state index >= 15 is 0 Å². The van der Waals surface area contributed by atoms with Crippen LogP contribution in [0.4, 0.5) is 24.7 Å². The molecule has 0 aliphatic rings. The number of nitrogens with zero attached hydrogens (tertiary/aromatic N) is 4. The molecule has 4 aromatic rings. The Kier molecular flexibility index (Phi) is 5.36. The Morgan fingerprint density at radius 3 is 2.57 bits per heavy atom. The number of thioether (sulfide) groups is 1. The van der Waals surface area contributed by atoms with Gasteiger partial charge in [-0.3, -0.25) is 9.47 Å². The van der Waals surface area contributed by atoms with Gasteiger partial charge in [0.2, 0.25) is 11.0 Å². The van der Waals surface area contributed by atoms with Gasteiger partial charge >= 0.3 is 11.7 Å². The first-order valence-electron chi connectivity index (χ1n) is 8.64. The second kappa shape index (κ2) is 8.11. The second-order valence-corrected chi connectivity index (χ2v) is 7.03. The van der Waals surface area contributed by atoms with Crippen LogP contribution in [0.5, 0.6) is 0 Å². The van der Waals surface area contributed by atoms with Crippen molar-refractivity contribution in [3.63, 3.8) is 0 Å². The van der Waals surface area contributed by atoms with Crippen LogP contribution in [0.2, 0.25) is 0 Å². The fourth-order valence-electron chi connectivity index (χ4n) is 2.64. The summed E-state index contributed by atoms with van der Waals surface area (Å²) >= 11 is 1.24. The number of alkyl halides is 3. The molecule has 4 rings (SSSR count). The molecular formula is C19H14F3N5O2S. The lowest BCUT2D eigenvalue weighted by atomic mass is 10.2. The highest BCUT2D eigenvalue weighted by Gasteiger charge is 2.30. The molecule has 1 N–H and O–H groups in total. The van der Waals surface area contributed by atoms with E-state index in [1.165, 1.54) is 33.2 Å². The first kappa shape index (κ1) is 19.8. The predicted molar refractivity (Wildman–Crippen MR) is 105 cm³/mol. The van der Waals surface area contributed by atoms with Crippen LogP contribution in [0.25, 0.3) is 0 Å². The van der Waals surface area contributed by atoms with Gasteiger partial charge in [0.1, 0.15) is 5.76 Å². The summed E-state index contributed by atoms with van der Waals surface area (Å²) in [6, 6.07) is 11.5. The van der Waals surface area contributed by atoms with Crippen molar-refractivity contribution >= 4 is 23.3 Å². The van der Waals surface area contributed by atoms with E-state index in [0.29, 0.717) is 16.7 Å². The SMILES string of the molecule is O=c1c(Nc2cccc(C(F)(F)F)c2)nnc(SCc2ccco2)n1-n1cccc1. The Bertz CT molecular complexity index is 1190. The van der Waals surface area contributed by atoms with E-state index in [4.69, 9.17) is 4.42 Å². The Morgan fingerprint density at radius 2 is 1.87 bits per heavy atom. The van der Waals surface area contributed by atoms with E-state index in [0.717, 1.165) is 12.1 Å². The van der Waals surface area contributed by atoms with Crippen LogP contribution in [0.3, 0.4) is 0 Å². The molecule has 3 aromatic heterocycles. The molecule has 0 aliphatic heterocycles. The molecule has 0 unspecified atom stereocenters. The highest BCUT2D eigenvalue weighted by atomic mass is 32.2. The van der Waals surface area contributed by atoms with E-state index in [9.17, 15) is 18.0 Å². The minimum atomic E-state index is -4.50. The maximum Gasteiger partial charge on any atom is 0.416 e. The summed E-state index contributed by atoms with van der Waals surface area (Å²) in [7, 11) is 0. The second-order valence-electron chi connectivity index (χ2n) is 6.08. The predicted octanol–water partition coefficient (Wildman–Crippen LogP) is 4.40. The van der Waals surface area contributed by atoms with Gasteiger partial charge in [0.05, 0.1) is 17.6 Å². The van der Waals surface area contributed by atoms with Crippen LogP contribution in [0, 0.1) is 0 Å². The van der Waals surface area contributed by atoms with Crippen molar-refractivity contribution in [3.8, 4) is 0 Å². The third-order valence-corrected chi connectivity index (χ3v) is 4.95. The Morgan fingerprint density at radius 1 is 1.07 bits per heavy atom. The standard InChI is InChI=1S/C19H14F3N5O2S/c20-19(21,22)13-5-3-6-14(11-13)23-16-17(28)27(26-8-1-2-9-26)18(25-24-16)30-12-15-7-4-10-29-15/h1-11H,12H2,(H,23,24). The highest BCUT2D eigenvalue weighted by molar-refractivity contribution is 7.98. The molecule has 0 spiro atoms. The summed E-state index contributed by atoms with van der Waals surface area (Å²) in [5.74, 6) is 0.910. The van der Waals surface area contributed by atoms with Gasteiger partial charge in [0.15, 0.2) is 0 Å². The topological polar surface area (TPSA) is 77.9 Å². The van der Waals surface area contributed by atoms with Crippen molar-refractivity contribution in [2.24, 2.45) is 0 Å². The minimum absolute atomic E-state index is 0.0752. The molecule has 7 nitrogen and oxygen atoms in total. The van der Waals surface area contributed by atoms with Crippen LogP contribution in [0.1, 0.15) is 11.3 Å². The minimum Gasteiger partial charge on any atom is -0.468 e. The lowest BCUT2D eigenvalue weighted by Crippen LogP contribution is -2.30. The molecule has 11 heteroatoms. The number of hydrogen-bond acceptors (Lipinski definition) is 6. The average Bonchev–Trinajstić information content (AvgIpc) is 3.42. The molecule has 0 bridgehead atoms. The van der Waals surface area contributed by atoms with Gasteiger partial charge in [-0.2, -0.15) is 17.8 Å². The van der Waals surface area contributed by atoms with E-state index < -0.39 is 17.3 Å². The molecule has 0 radical (unpaired) electrons. The van der Waals surface area contributed by atoms with Gasteiger partial charge in [-0.05, 0) is 42.5 Å². The van der Waals surface area contributed by atoms with Gasteiger partial charge in [-0.15, -0.1) is 10.2 Å². The first-order valence-corrected chi connectivity index (χ1v) is 9.63. The lowest BCUT2D eigenvalue weighted by molar-refractivity contribution is -0.137. The third kappa shape index (κ3) is 4.25. The molecule has 0 amide bonds. The van der Waals surface area contributed by atoms with Gasteiger partial charge in [-0.1, -0.05) is 17.8 Å². The quantitative estimate of drug-likeness (QED) is 0.454. The monoisotopic (exact) mass is 433 g/mol. The van der Waals surface area contributed by atoms with Gasteiger partial charge in [0, 0.05) is 18.1 Å². The van der Waals surface area contributed by atoms with Crippen molar-refractivity contribution < 1.29 is 17.6 Å². The third-order valence-electron chi connectivity index (χ3n) is 4.01. The largest absolute Gasteiger partial charge is 0.468 e. The molecule has 0 fully saturated rings. The number of furan rings is 1. The Labute approximate surface area is 172 Å². The fraction of sp³-hybridized carbons (Fsp3) is 0.105. The number of anilines is 2. The fourth-order valence-corrected chi connectivity index (χ4v) is 3.47.